The Labute approximate surface area is 149 Å². The fourth-order valence-corrected chi connectivity index (χ4v) is 4.96. The van der Waals surface area contributed by atoms with E-state index in [4.69, 9.17) is 0 Å². The number of rotatable bonds is 5. The summed E-state index contributed by atoms with van der Waals surface area (Å²) in [6, 6.07) is 4.26. The number of aliphatic hydroxyl groups is 1. The van der Waals surface area contributed by atoms with E-state index in [1.165, 1.54) is 9.75 Å². The number of carbonyl (C=O) groups is 1. The van der Waals surface area contributed by atoms with Crippen molar-refractivity contribution in [2.75, 3.05) is 26.2 Å². The summed E-state index contributed by atoms with van der Waals surface area (Å²) < 4.78 is 0. The van der Waals surface area contributed by atoms with Crippen LogP contribution in [0.5, 0.6) is 0 Å². The van der Waals surface area contributed by atoms with E-state index in [-0.39, 0.29) is 12.0 Å². The van der Waals surface area contributed by atoms with Crippen LogP contribution in [0, 0.1) is 18.8 Å². The van der Waals surface area contributed by atoms with Gasteiger partial charge in [-0.15, -0.1) is 11.3 Å². The number of piperidine rings is 2. The summed E-state index contributed by atoms with van der Waals surface area (Å²) in [6.07, 6.45) is 5.36. The molecule has 0 aliphatic carbocycles. The molecular weight excluding hydrogens is 320 g/mol. The minimum Gasteiger partial charge on any atom is -0.393 e. The first-order valence-corrected chi connectivity index (χ1v) is 10.2. The summed E-state index contributed by atoms with van der Waals surface area (Å²) in [6.45, 7) is 5.79. The summed E-state index contributed by atoms with van der Waals surface area (Å²) >= 11 is 1.79. The number of nitrogens with one attached hydrogen (secondary N) is 1. The molecule has 2 saturated heterocycles. The molecule has 5 heteroatoms. The molecule has 4 nitrogen and oxygen atoms in total. The van der Waals surface area contributed by atoms with Crippen LogP contribution in [-0.4, -0.2) is 48.2 Å². The van der Waals surface area contributed by atoms with Crippen molar-refractivity contribution in [2.24, 2.45) is 11.8 Å². The van der Waals surface area contributed by atoms with Gasteiger partial charge in [-0.2, -0.15) is 0 Å². The fraction of sp³-hybridized carbons (Fsp3) is 0.737. The number of hydrogen-bond acceptors (Lipinski definition) is 4. The summed E-state index contributed by atoms with van der Waals surface area (Å²) in [5.41, 5.74) is 0. The first-order valence-electron chi connectivity index (χ1n) is 9.35. The van der Waals surface area contributed by atoms with Gasteiger partial charge in [-0.25, -0.2) is 0 Å². The molecule has 1 aromatic rings. The van der Waals surface area contributed by atoms with Gasteiger partial charge in [0.25, 0.3) is 0 Å². The minimum atomic E-state index is -0.182. The fourth-order valence-electron chi connectivity index (χ4n) is 4.07. The predicted octanol–water partition coefficient (Wildman–Crippen LogP) is 2.59. The Morgan fingerprint density at radius 2 is 1.92 bits per heavy atom. The molecule has 0 spiro atoms. The molecule has 24 heavy (non-hydrogen) atoms. The van der Waals surface area contributed by atoms with Crippen LogP contribution in [0.25, 0.3) is 0 Å². The zero-order chi connectivity index (χ0) is 16.9. The molecule has 3 rings (SSSR count). The molecule has 0 radical (unpaired) electrons. The molecule has 1 unspecified atom stereocenters. The molecule has 2 N–H and O–H groups in total. The van der Waals surface area contributed by atoms with Crippen LogP contribution in [0.2, 0.25) is 0 Å². The third-order valence-corrected chi connectivity index (χ3v) is 6.68. The van der Waals surface area contributed by atoms with Crippen LogP contribution >= 0.6 is 11.3 Å². The zero-order valence-electron chi connectivity index (χ0n) is 14.7. The van der Waals surface area contributed by atoms with E-state index < -0.39 is 0 Å². The number of likely N-dealkylation sites (tertiary alicyclic amines) is 1. The number of thiophene rings is 1. The Morgan fingerprint density at radius 3 is 2.54 bits per heavy atom. The van der Waals surface area contributed by atoms with E-state index in [1.807, 2.05) is 4.90 Å². The van der Waals surface area contributed by atoms with E-state index in [1.54, 1.807) is 11.3 Å². The van der Waals surface area contributed by atoms with E-state index in [2.05, 4.69) is 24.4 Å². The largest absolute Gasteiger partial charge is 0.393 e. The van der Waals surface area contributed by atoms with Crippen LogP contribution in [-0.2, 0) is 11.2 Å². The Hall–Kier alpha value is -0.910. The maximum Gasteiger partial charge on any atom is 0.222 e. The predicted molar refractivity (Wildman–Crippen MR) is 98.3 cm³/mol. The number of aryl methyl sites for hydroxylation is 2. The number of amides is 1. The molecule has 3 heterocycles. The molecule has 1 amide bonds. The number of hydrogen-bond donors (Lipinski definition) is 2. The molecule has 2 aliphatic heterocycles. The van der Waals surface area contributed by atoms with E-state index in [0.717, 1.165) is 58.3 Å². The summed E-state index contributed by atoms with van der Waals surface area (Å²) in [5, 5.41) is 14.0. The highest BCUT2D eigenvalue weighted by molar-refractivity contribution is 7.11. The molecule has 2 fully saturated rings. The lowest BCUT2D eigenvalue weighted by Crippen LogP contribution is -2.44. The summed E-state index contributed by atoms with van der Waals surface area (Å²) in [4.78, 5) is 17.0. The third kappa shape index (κ3) is 4.58. The second-order valence-corrected chi connectivity index (χ2v) is 8.68. The number of nitrogens with zero attached hydrogens (tertiary/aromatic N) is 1. The van der Waals surface area contributed by atoms with Gasteiger partial charge >= 0.3 is 0 Å². The first-order chi connectivity index (χ1) is 11.6. The quantitative estimate of drug-likeness (QED) is 0.858. The Balaban J connectivity index is 1.41. The van der Waals surface area contributed by atoms with Gasteiger partial charge in [0.15, 0.2) is 0 Å². The van der Waals surface area contributed by atoms with Gasteiger partial charge in [0.2, 0.25) is 5.91 Å². The third-order valence-electron chi connectivity index (χ3n) is 5.62. The van der Waals surface area contributed by atoms with E-state index >= 15 is 0 Å². The SMILES string of the molecule is Cc1ccc(CCC(=O)N2CCC(C(O)C3CCNCC3)CC2)s1. The van der Waals surface area contributed by atoms with Crippen molar-refractivity contribution in [3.8, 4) is 0 Å². The highest BCUT2D eigenvalue weighted by atomic mass is 32.1. The molecule has 1 atom stereocenters. The molecule has 134 valence electrons. The summed E-state index contributed by atoms with van der Waals surface area (Å²) in [5.74, 6) is 1.09. The lowest BCUT2D eigenvalue weighted by atomic mass is 9.80. The number of carbonyl (C=O) groups excluding carboxylic acids is 1. The van der Waals surface area contributed by atoms with Crippen molar-refractivity contribution in [1.29, 1.82) is 0 Å². The smallest absolute Gasteiger partial charge is 0.222 e. The van der Waals surface area contributed by atoms with Crippen molar-refractivity contribution >= 4 is 17.2 Å². The van der Waals surface area contributed by atoms with Crippen molar-refractivity contribution in [3.63, 3.8) is 0 Å². The monoisotopic (exact) mass is 350 g/mol. The van der Waals surface area contributed by atoms with Gasteiger partial charge in [0.05, 0.1) is 6.10 Å². The molecular formula is C19H30N2O2S. The van der Waals surface area contributed by atoms with Crippen LogP contribution in [0.1, 0.15) is 41.9 Å². The van der Waals surface area contributed by atoms with Gasteiger partial charge in [0, 0.05) is 29.3 Å². The van der Waals surface area contributed by atoms with Gasteiger partial charge < -0.3 is 15.3 Å². The standard InChI is InChI=1S/C19H30N2O2S/c1-14-2-3-17(24-14)4-5-18(22)21-12-8-16(9-13-21)19(23)15-6-10-20-11-7-15/h2-3,15-16,19-20,23H,4-13H2,1H3. The van der Waals surface area contributed by atoms with Gasteiger partial charge in [0.1, 0.15) is 0 Å². The second-order valence-electron chi connectivity index (χ2n) is 7.31. The highest BCUT2D eigenvalue weighted by Gasteiger charge is 2.32. The van der Waals surface area contributed by atoms with E-state index in [9.17, 15) is 9.90 Å². The van der Waals surface area contributed by atoms with E-state index in [0.29, 0.717) is 18.3 Å². The average Bonchev–Trinajstić information content (AvgIpc) is 3.05. The topological polar surface area (TPSA) is 52.6 Å². The molecule has 1 aromatic heterocycles. The lowest BCUT2D eigenvalue weighted by Gasteiger charge is -2.38. The van der Waals surface area contributed by atoms with Crippen molar-refractivity contribution in [1.82, 2.24) is 10.2 Å². The normalized spacial score (nSPS) is 21.8. The number of aliphatic hydroxyl groups excluding tert-OH is 1. The first kappa shape index (κ1) is 17.9. The van der Waals surface area contributed by atoms with Gasteiger partial charge in [-0.05, 0) is 76.1 Å². The minimum absolute atomic E-state index is 0.182. The van der Waals surface area contributed by atoms with Crippen LogP contribution in [0.15, 0.2) is 12.1 Å². The lowest BCUT2D eigenvalue weighted by molar-refractivity contribution is -0.133. The maximum atomic E-state index is 12.4. The van der Waals surface area contributed by atoms with Crippen LogP contribution in [0.4, 0.5) is 0 Å². The van der Waals surface area contributed by atoms with Crippen molar-refractivity contribution in [2.45, 2.75) is 51.6 Å². The van der Waals surface area contributed by atoms with Crippen molar-refractivity contribution < 1.29 is 9.90 Å². The van der Waals surface area contributed by atoms with Crippen LogP contribution < -0.4 is 5.32 Å². The molecule has 0 bridgehead atoms. The molecule has 2 aliphatic rings. The molecule has 0 aromatic carbocycles. The zero-order valence-corrected chi connectivity index (χ0v) is 15.5. The second kappa shape index (κ2) is 8.45. The molecule has 0 saturated carbocycles. The Bertz CT molecular complexity index is 531. The van der Waals surface area contributed by atoms with Crippen molar-refractivity contribution in [3.05, 3.63) is 21.9 Å². The van der Waals surface area contributed by atoms with Gasteiger partial charge in [-0.3, -0.25) is 4.79 Å². The van der Waals surface area contributed by atoms with Gasteiger partial charge in [-0.1, -0.05) is 0 Å². The Kier molecular flexibility index (Phi) is 6.31. The maximum absolute atomic E-state index is 12.4. The average molecular weight is 351 g/mol. The highest BCUT2D eigenvalue weighted by Crippen LogP contribution is 2.29. The van der Waals surface area contributed by atoms with Crippen LogP contribution in [0.3, 0.4) is 0 Å². The summed E-state index contributed by atoms with van der Waals surface area (Å²) in [7, 11) is 0. The Morgan fingerprint density at radius 1 is 1.25 bits per heavy atom.